The van der Waals surface area contributed by atoms with Crippen LogP contribution in [0.1, 0.15) is 38.2 Å². The maximum absolute atomic E-state index is 11.9. The normalized spacial score (nSPS) is 14.0. The van der Waals surface area contributed by atoms with E-state index in [4.69, 9.17) is 0 Å². The highest BCUT2D eigenvalue weighted by atomic mass is 79.9. The summed E-state index contributed by atoms with van der Waals surface area (Å²) in [7, 11) is 0. The topological polar surface area (TPSA) is 49.3 Å². The van der Waals surface area contributed by atoms with Gasteiger partial charge in [0.05, 0.1) is 12.0 Å². The lowest BCUT2D eigenvalue weighted by Gasteiger charge is -2.14. The molecular formula is C14H20BrNO2. The molecule has 0 bridgehead atoms. The monoisotopic (exact) mass is 313 g/mol. The summed E-state index contributed by atoms with van der Waals surface area (Å²) < 4.78 is 1.00. The van der Waals surface area contributed by atoms with Crippen LogP contribution in [0, 0.1) is 0 Å². The molecule has 2 N–H and O–H groups in total. The van der Waals surface area contributed by atoms with E-state index < -0.39 is 0 Å². The van der Waals surface area contributed by atoms with Crippen molar-refractivity contribution >= 4 is 21.8 Å². The molecule has 18 heavy (non-hydrogen) atoms. The standard InChI is InChI=1S/C14H20BrNO2/c1-3-13(17)8-9-16-14(18)10(2)11-4-6-12(15)7-5-11/h4-7,10,13,17H,3,8-9H2,1-2H3,(H,16,18). The molecule has 1 aromatic rings. The molecule has 0 aliphatic carbocycles. The molecule has 0 spiro atoms. The summed E-state index contributed by atoms with van der Waals surface area (Å²) in [5.74, 6) is -0.169. The van der Waals surface area contributed by atoms with Crippen LogP contribution in [0.3, 0.4) is 0 Å². The Morgan fingerprint density at radius 3 is 2.56 bits per heavy atom. The second-order valence-corrected chi connectivity index (χ2v) is 5.33. The molecule has 0 radical (unpaired) electrons. The summed E-state index contributed by atoms with van der Waals surface area (Å²) >= 11 is 3.37. The van der Waals surface area contributed by atoms with Crippen molar-refractivity contribution in [2.75, 3.05) is 6.54 Å². The molecule has 4 heteroatoms. The largest absolute Gasteiger partial charge is 0.393 e. The minimum atomic E-state index is -0.326. The molecular weight excluding hydrogens is 294 g/mol. The number of halogens is 1. The Labute approximate surface area is 117 Å². The minimum absolute atomic E-state index is 0.000579. The minimum Gasteiger partial charge on any atom is -0.393 e. The Balaban J connectivity index is 2.44. The predicted molar refractivity (Wildman–Crippen MR) is 76.5 cm³/mol. The van der Waals surface area contributed by atoms with Crippen molar-refractivity contribution in [3.63, 3.8) is 0 Å². The van der Waals surface area contributed by atoms with Crippen LogP contribution < -0.4 is 5.32 Å². The van der Waals surface area contributed by atoms with Crippen LogP contribution in [0.25, 0.3) is 0 Å². The zero-order valence-electron chi connectivity index (χ0n) is 10.8. The number of aliphatic hydroxyl groups is 1. The van der Waals surface area contributed by atoms with Crippen LogP contribution >= 0.6 is 15.9 Å². The van der Waals surface area contributed by atoms with Crippen LogP contribution in [0.2, 0.25) is 0 Å². The van der Waals surface area contributed by atoms with Crippen LogP contribution in [-0.4, -0.2) is 23.7 Å². The van der Waals surface area contributed by atoms with Gasteiger partial charge in [0.2, 0.25) is 5.91 Å². The van der Waals surface area contributed by atoms with Crippen LogP contribution in [0.4, 0.5) is 0 Å². The van der Waals surface area contributed by atoms with Gasteiger partial charge in [0, 0.05) is 11.0 Å². The molecule has 0 saturated heterocycles. The number of benzene rings is 1. The average molecular weight is 314 g/mol. The van der Waals surface area contributed by atoms with Gasteiger partial charge in [-0.25, -0.2) is 0 Å². The summed E-state index contributed by atoms with van der Waals surface area (Å²) in [6, 6.07) is 7.74. The molecule has 2 atom stereocenters. The molecule has 1 amide bonds. The lowest BCUT2D eigenvalue weighted by atomic mass is 10.0. The Kier molecular flexibility index (Phi) is 6.36. The Morgan fingerprint density at radius 1 is 1.39 bits per heavy atom. The van der Waals surface area contributed by atoms with Gasteiger partial charge in [-0.2, -0.15) is 0 Å². The molecule has 0 aromatic heterocycles. The van der Waals surface area contributed by atoms with Crippen LogP contribution in [0.5, 0.6) is 0 Å². The van der Waals surface area contributed by atoms with Gasteiger partial charge in [0.25, 0.3) is 0 Å². The number of carbonyl (C=O) groups is 1. The molecule has 0 aliphatic rings. The van der Waals surface area contributed by atoms with E-state index in [1.807, 2.05) is 38.1 Å². The fraction of sp³-hybridized carbons (Fsp3) is 0.500. The summed E-state index contributed by atoms with van der Waals surface area (Å²) in [4.78, 5) is 11.9. The molecule has 1 rings (SSSR count). The second-order valence-electron chi connectivity index (χ2n) is 4.42. The highest BCUT2D eigenvalue weighted by Crippen LogP contribution is 2.18. The Bertz CT molecular complexity index is 378. The van der Waals surface area contributed by atoms with Crippen molar-refractivity contribution in [1.82, 2.24) is 5.32 Å². The fourth-order valence-corrected chi connectivity index (χ4v) is 1.89. The van der Waals surface area contributed by atoms with Gasteiger partial charge in [-0.05, 0) is 37.5 Å². The van der Waals surface area contributed by atoms with E-state index in [0.717, 1.165) is 16.5 Å². The van der Waals surface area contributed by atoms with E-state index in [9.17, 15) is 9.90 Å². The first-order chi connectivity index (χ1) is 8.54. The number of rotatable bonds is 6. The van der Waals surface area contributed by atoms with E-state index in [-0.39, 0.29) is 17.9 Å². The quantitative estimate of drug-likeness (QED) is 0.848. The van der Waals surface area contributed by atoms with Gasteiger partial charge < -0.3 is 10.4 Å². The molecule has 0 aliphatic heterocycles. The first kappa shape index (κ1) is 15.2. The lowest BCUT2D eigenvalue weighted by Crippen LogP contribution is -2.30. The SMILES string of the molecule is CCC(O)CCNC(=O)C(C)c1ccc(Br)cc1. The Morgan fingerprint density at radius 2 is 2.00 bits per heavy atom. The number of aliphatic hydroxyl groups excluding tert-OH is 1. The number of nitrogens with one attached hydrogen (secondary N) is 1. The van der Waals surface area contributed by atoms with E-state index >= 15 is 0 Å². The molecule has 0 heterocycles. The van der Waals surface area contributed by atoms with E-state index in [2.05, 4.69) is 21.2 Å². The van der Waals surface area contributed by atoms with Gasteiger partial charge in [0.1, 0.15) is 0 Å². The summed E-state index contributed by atoms with van der Waals surface area (Å²) in [5, 5.41) is 12.3. The summed E-state index contributed by atoms with van der Waals surface area (Å²) in [6.07, 6.45) is 1.00. The van der Waals surface area contributed by atoms with E-state index in [0.29, 0.717) is 13.0 Å². The van der Waals surface area contributed by atoms with Crippen LogP contribution in [-0.2, 0) is 4.79 Å². The van der Waals surface area contributed by atoms with Crippen molar-refractivity contribution in [3.8, 4) is 0 Å². The predicted octanol–water partition coefficient (Wildman–Crippen LogP) is 2.83. The van der Waals surface area contributed by atoms with Crippen LogP contribution in [0.15, 0.2) is 28.7 Å². The van der Waals surface area contributed by atoms with Crippen molar-refractivity contribution in [2.45, 2.75) is 38.7 Å². The first-order valence-electron chi connectivity index (χ1n) is 6.25. The molecule has 2 unspecified atom stereocenters. The van der Waals surface area contributed by atoms with Gasteiger partial charge in [0.15, 0.2) is 0 Å². The summed E-state index contributed by atoms with van der Waals surface area (Å²) in [5.41, 5.74) is 0.992. The molecule has 0 saturated carbocycles. The number of hydrogen-bond donors (Lipinski definition) is 2. The van der Waals surface area contributed by atoms with Gasteiger partial charge in [-0.15, -0.1) is 0 Å². The molecule has 1 aromatic carbocycles. The smallest absolute Gasteiger partial charge is 0.227 e. The van der Waals surface area contributed by atoms with Gasteiger partial charge >= 0.3 is 0 Å². The maximum atomic E-state index is 11.9. The van der Waals surface area contributed by atoms with Gasteiger partial charge in [-0.1, -0.05) is 35.0 Å². The third kappa shape index (κ3) is 4.78. The average Bonchev–Trinajstić information content (AvgIpc) is 2.38. The van der Waals surface area contributed by atoms with E-state index in [1.54, 1.807) is 0 Å². The van der Waals surface area contributed by atoms with Crippen molar-refractivity contribution < 1.29 is 9.90 Å². The zero-order chi connectivity index (χ0) is 13.5. The zero-order valence-corrected chi connectivity index (χ0v) is 12.4. The van der Waals surface area contributed by atoms with Crippen molar-refractivity contribution in [1.29, 1.82) is 0 Å². The maximum Gasteiger partial charge on any atom is 0.227 e. The molecule has 100 valence electrons. The third-order valence-corrected chi connectivity index (χ3v) is 3.54. The molecule has 0 fully saturated rings. The Hall–Kier alpha value is -0.870. The highest BCUT2D eigenvalue weighted by molar-refractivity contribution is 9.10. The van der Waals surface area contributed by atoms with Crippen molar-refractivity contribution in [2.24, 2.45) is 0 Å². The number of amides is 1. The fourth-order valence-electron chi connectivity index (χ4n) is 1.62. The van der Waals surface area contributed by atoms with Gasteiger partial charge in [-0.3, -0.25) is 4.79 Å². The molecule has 3 nitrogen and oxygen atoms in total. The third-order valence-electron chi connectivity index (χ3n) is 3.01. The first-order valence-corrected chi connectivity index (χ1v) is 7.05. The van der Waals surface area contributed by atoms with Crippen molar-refractivity contribution in [3.05, 3.63) is 34.3 Å². The highest BCUT2D eigenvalue weighted by Gasteiger charge is 2.14. The number of hydrogen-bond acceptors (Lipinski definition) is 2. The number of carbonyl (C=O) groups excluding carboxylic acids is 1. The summed E-state index contributed by atoms with van der Waals surface area (Å²) in [6.45, 7) is 4.33. The lowest BCUT2D eigenvalue weighted by molar-refractivity contribution is -0.122. The second kappa shape index (κ2) is 7.54. The van der Waals surface area contributed by atoms with E-state index in [1.165, 1.54) is 0 Å².